The first-order valence-corrected chi connectivity index (χ1v) is 24.0. The molecule has 0 unspecified atom stereocenters. The Morgan fingerprint density at radius 2 is 0.643 bits per heavy atom. The van der Waals surface area contributed by atoms with Gasteiger partial charge in [0.05, 0.1) is 0 Å². The van der Waals surface area contributed by atoms with Crippen molar-refractivity contribution < 1.29 is 4.42 Å². The highest BCUT2D eigenvalue weighted by Gasteiger charge is 2.25. The summed E-state index contributed by atoms with van der Waals surface area (Å²) in [7, 11) is 0. The van der Waals surface area contributed by atoms with E-state index in [1.807, 2.05) is 0 Å². The maximum Gasteiger partial charge on any atom is 0.137 e. The minimum atomic E-state index is 0.858. The second-order valence-electron chi connectivity index (χ2n) is 18.0. The third kappa shape index (κ3) is 7.22. The summed E-state index contributed by atoms with van der Waals surface area (Å²) >= 11 is 0. The number of anilines is 3. The Labute approximate surface area is 407 Å². The summed E-state index contributed by atoms with van der Waals surface area (Å²) in [5, 5.41) is 7.08. The standard InChI is InChI=1S/C68H45NO/c1-6-18-46(19-7-1)47-30-36-55(37-31-47)69(57-40-42-60-63(45-57)70-62-43-35-49-20-16-17-29-58(49)68(60)62)56-38-32-48(33-39-56)54-34-41-59-61(44-54)65(51-23-10-3-11-24-51)67(53-27-14-5-15-28-53)66(52-25-12-4-13-26-52)64(59)50-21-8-2-9-22-50/h1-45H. The van der Waals surface area contributed by atoms with Crippen LogP contribution in [0.3, 0.4) is 0 Å². The van der Waals surface area contributed by atoms with Gasteiger partial charge in [-0.15, -0.1) is 0 Å². The molecule has 0 saturated carbocycles. The zero-order chi connectivity index (χ0) is 46.4. The largest absolute Gasteiger partial charge is 0.456 e. The van der Waals surface area contributed by atoms with E-state index < -0.39 is 0 Å². The molecule has 0 aliphatic rings. The van der Waals surface area contributed by atoms with Gasteiger partial charge in [0.1, 0.15) is 11.2 Å². The number of benzene rings is 12. The smallest absolute Gasteiger partial charge is 0.137 e. The van der Waals surface area contributed by atoms with E-state index in [9.17, 15) is 0 Å². The fourth-order valence-corrected chi connectivity index (χ4v) is 10.6. The van der Waals surface area contributed by atoms with Crippen LogP contribution >= 0.6 is 0 Å². The van der Waals surface area contributed by atoms with Crippen molar-refractivity contribution in [2.24, 2.45) is 0 Å². The molecule has 0 fully saturated rings. The molecule has 0 bridgehead atoms. The van der Waals surface area contributed by atoms with Crippen LogP contribution in [0.1, 0.15) is 0 Å². The minimum Gasteiger partial charge on any atom is -0.456 e. The zero-order valence-electron chi connectivity index (χ0n) is 38.3. The lowest BCUT2D eigenvalue weighted by Gasteiger charge is -2.26. The van der Waals surface area contributed by atoms with Gasteiger partial charge in [-0.2, -0.15) is 0 Å². The summed E-state index contributed by atoms with van der Waals surface area (Å²) < 4.78 is 6.63. The normalized spacial score (nSPS) is 11.4. The summed E-state index contributed by atoms with van der Waals surface area (Å²) in [6.07, 6.45) is 0. The first kappa shape index (κ1) is 41.0. The molecule has 0 N–H and O–H groups in total. The van der Waals surface area contributed by atoms with Crippen molar-refractivity contribution in [3.05, 3.63) is 273 Å². The van der Waals surface area contributed by atoms with Crippen LogP contribution in [0.5, 0.6) is 0 Å². The quantitative estimate of drug-likeness (QED) is 0.144. The van der Waals surface area contributed by atoms with Crippen molar-refractivity contribution in [2.45, 2.75) is 0 Å². The highest BCUT2D eigenvalue weighted by atomic mass is 16.3. The third-order valence-corrected chi connectivity index (χ3v) is 13.9. The topological polar surface area (TPSA) is 16.4 Å². The summed E-state index contributed by atoms with van der Waals surface area (Å²) in [5.41, 5.74) is 19.2. The predicted octanol–water partition coefficient (Wildman–Crippen LogP) is 19.4. The van der Waals surface area contributed by atoms with Crippen LogP contribution in [-0.4, -0.2) is 0 Å². The van der Waals surface area contributed by atoms with Gasteiger partial charge in [0, 0.05) is 33.9 Å². The van der Waals surface area contributed by atoms with Crippen molar-refractivity contribution >= 4 is 60.5 Å². The molecule has 1 heterocycles. The lowest BCUT2D eigenvalue weighted by atomic mass is 9.78. The Hall–Kier alpha value is -9.24. The number of hydrogen-bond acceptors (Lipinski definition) is 2. The first-order chi connectivity index (χ1) is 34.7. The van der Waals surface area contributed by atoms with Crippen LogP contribution in [0, 0.1) is 0 Å². The van der Waals surface area contributed by atoms with Gasteiger partial charge >= 0.3 is 0 Å². The van der Waals surface area contributed by atoms with E-state index in [-0.39, 0.29) is 0 Å². The maximum absolute atomic E-state index is 6.63. The molecule has 0 amide bonds. The molecular weight excluding hydrogens is 847 g/mol. The molecule has 70 heavy (non-hydrogen) atoms. The van der Waals surface area contributed by atoms with E-state index in [1.165, 1.54) is 77.2 Å². The lowest BCUT2D eigenvalue weighted by Crippen LogP contribution is -2.09. The number of nitrogens with zero attached hydrogens (tertiary/aromatic N) is 1. The van der Waals surface area contributed by atoms with E-state index in [4.69, 9.17) is 4.42 Å². The molecule has 1 aromatic heterocycles. The first-order valence-electron chi connectivity index (χ1n) is 24.0. The molecule has 12 aromatic carbocycles. The second kappa shape index (κ2) is 17.4. The van der Waals surface area contributed by atoms with Crippen LogP contribution in [0.4, 0.5) is 17.1 Å². The minimum absolute atomic E-state index is 0.858. The SMILES string of the molecule is c1ccc(-c2ccc(N(c3ccc(-c4ccc5c(-c6ccccc6)c(-c6ccccc6)c(-c6ccccc6)c(-c6ccccc6)c5c4)cc3)c3ccc4c(c3)oc3ccc5ccccc5c34)cc2)cc1. The Morgan fingerprint density at radius 3 is 1.20 bits per heavy atom. The molecule has 0 aliphatic carbocycles. The van der Waals surface area contributed by atoms with Gasteiger partial charge < -0.3 is 9.32 Å². The van der Waals surface area contributed by atoms with Gasteiger partial charge in [0.2, 0.25) is 0 Å². The Balaban J connectivity index is 0.989. The van der Waals surface area contributed by atoms with E-state index in [0.29, 0.717) is 0 Å². The number of hydrogen-bond donors (Lipinski definition) is 0. The van der Waals surface area contributed by atoms with Crippen LogP contribution in [0.2, 0.25) is 0 Å². The summed E-state index contributed by atoms with van der Waals surface area (Å²) in [6, 6.07) is 98.6. The highest BCUT2D eigenvalue weighted by molar-refractivity contribution is 6.20. The Morgan fingerprint density at radius 1 is 0.229 bits per heavy atom. The van der Waals surface area contributed by atoms with Gasteiger partial charge in [-0.05, 0) is 137 Å². The number of rotatable bonds is 9. The van der Waals surface area contributed by atoms with Crippen molar-refractivity contribution in [3.8, 4) is 66.8 Å². The predicted molar refractivity (Wildman–Crippen MR) is 296 cm³/mol. The third-order valence-electron chi connectivity index (χ3n) is 13.9. The van der Waals surface area contributed by atoms with E-state index >= 15 is 0 Å². The van der Waals surface area contributed by atoms with Gasteiger partial charge in [-0.25, -0.2) is 0 Å². The van der Waals surface area contributed by atoms with Crippen molar-refractivity contribution in [1.82, 2.24) is 0 Å². The Bertz CT molecular complexity index is 4000. The average Bonchev–Trinajstić information content (AvgIpc) is 3.82. The number of furan rings is 1. The van der Waals surface area contributed by atoms with E-state index in [1.54, 1.807) is 0 Å². The maximum atomic E-state index is 6.63. The number of fused-ring (bicyclic) bond motifs is 6. The van der Waals surface area contributed by atoms with Crippen molar-refractivity contribution in [1.29, 1.82) is 0 Å². The monoisotopic (exact) mass is 891 g/mol. The van der Waals surface area contributed by atoms with E-state index in [2.05, 4.69) is 278 Å². The summed E-state index contributed by atoms with van der Waals surface area (Å²) in [6.45, 7) is 0. The Kier molecular flexibility index (Phi) is 10.2. The molecule has 0 atom stereocenters. The van der Waals surface area contributed by atoms with Gasteiger partial charge in [-0.3, -0.25) is 0 Å². The molecule has 2 heteroatoms. The highest BCUT2D eigenvalue weighted by Crippen LogP contribution is 2.52. The molecule has 2 nitrogen and oxygen atoms in total. The van der Waals surface area contributed by atoms with Gasteiger partial charge in [0.15, 0.2) is 0 Å². The summed E-state index contributed by atoms with van der Waals surface area (Å²) in [5.74, 6) is 0. The van der Waals surface area contributed by atoms with E-state index in [0.717, 1.165) is 50.1 Å². The molecule has 0 radical (unpaired) electrons. The molecule has 13 rings (SSSR count). The van der Waals surface area contributed by atoms with Crippen molar-refractivity contribution in [2.75, 3.05) is 4.90 Å². The molecule has 328 valence electrons. The van der Waals surface area contributed by atoms with Crippen LogP contribution < -0.4 is 4.90 Å². The molecule has 13 aromatic rings. The van der Waals surface area contributed by atoms with Crippen LogP contribution in [-0.2, 0) is 0 Å². The van der Waals surface area contributed by atoms with Gasteiger partial charge in [-0.1, -0.05) is 218 Å². The molecule has 0 aliphatic heterocycles. The fourth-order valence-electron chi connectivity index (χ4n) is 10.6. The lowest BCUT2D eigenvalue weighted by molar-refractivity contribution is 0.669. The van der Waals surface area contributed by atoms with Crippen LogP contribution in [0.15, 0.2) is 277 Å². The second-order valence-corrected chi connectivity index (χ2v) is 18.0. The zero-order valence-corrected chi connectivity index (χ0v) is 38.3. The molecule has 0 saturated heterocycles. The van der Waals surface area contributed by atoms with Crippen LogP contribution in [0.25, 0.3) is 110 Å². The molecular formula is C68H45NO. The summed E-state index contributed by atoms with van der Waals surface area (Å²) in [4.78, 5) is 2.33. The van der Waals surface area contributed by atoms with Crippen molar-refractivity contribution in [3.63, 3.8) is 0 Å². The fraction of sp³-hybridized carbons (Fsp3) is 0. The average molecular weight is 892 g/mol. The van der Waals surface area contributed by atoms with Gasteiger partial charge in [0.25, 0.3) is 0 Å². The molecule has 0 spiro atoms.